The molecule has 29 heavy (non-hydrogen) atoms. The molecule has 3 rings (SSSR count). The Bertz CT molecular complexity index is 934. The summed E-state index contributed by atoms with van der Waals surface area (Å²) in [4.78, 5) is 16.5. The summed E-state index contributed by atoms with van der Waals surface area (Å²) in [6.07, 6.45) is 4.54. The lowest BCUT2D eigenvalue weighted by Gasteiger charge is -2.29. The number of ether oxygens (including phenoxy) is 1. The number of hydrogen-bond donors (Lipinski definition) is 1. The van der Waals surface area contributed by atoms with Gasteiger partial charge in [0, 0.05) is 18.3 Å². The number of benzene rings is 1. The molecule has 1 aliphatic carbocycles. The highest BCUT2D eigenvalue weighted by Crippen LogP contribution is 2.27. The third kappa shape index (κ3) is 5.24. The number of pyridine rings is 1. The molecule has 1 heterocycles. The number of nitrogens with one attached hydrogen (secondary N) is 1. The van der Waals surface area contributed by atoms with Gasteiger partial charge >= 0.3 is 0 Å². The molecule has 1 amide bonds. The van der Waals surface area contributed by atoms with Gasteiger partial charge in [0.2, 0.25) is 0 Å². The molecule has 5 nitrogen and oxygen atoms in total. The number of halogens is 2. The van der Waals surface area contributed by atoms with E-state index in [-0.39, 0.29) is 29.5 Å². The van der Waals surface area contributed by atoms with Crippen molar-refractivity contribution in [3.63, 3.8) is 0 Å². The van der Waals surface area contributed by atoms with Gasteiger partial charge in [-0.3, -0.25) is 9.78 Å². The maximum atomic E-state index is 14.1. The Labute approximate surface area is 174 Å². The van der Waals surface area contributed by atoms with Crippen LogP contribution in [0.25, 0.3) is 0 Å². The lowest BCUT2D eigenvalue weighted by molar-refractivity contribution is 0.0893. The van der Waals surface area contributed by atoms with E-state index in [1.807, 2.05) is 19.9 Å². The smallest absolute Gasteiger partial charge is 0.253 e. The first kappa shape index (κ1) is 21.1. The van der Waals surface area contributed by atoms with Crippen LogP contribution < -0.4 is 10.1 Å². The molecule has 2 aromatic rings. The SMILES string of the molecule is CC(C)c1ncc(C(=O)N[C@H]2CC[C@H](Oc3ccc(C#N)c(Cl)c3)CC2)cc1F. The van der Waals surface area contributed by atoms with E-state index in [9.17, 15) is 9.18 Å². The molecule has 0 radical (unpaired) electrons. The normalized spacial score (nSPS) is 18.9. The van der Waals surface area contributed by atoms with Gasteiger partial charge < -0.3 is 10.1 Å². The van der Waals surface area contributed by atoms with Crippen molar-refractivity contribution < 1.29 is 13.9 Å². The lowest BCUT2D eigenvalue weighted by Crippen LogP contribution is -2.39. The molecule has 0 unspecified atom stereocenters. The van der Waals surface area contributed by atoms with Crippen LogP contribution in [0.15, 0.2) is 30.5 Å². The van der Waals surface area contributed by atoms with Gasteiger partial charge in [0.05, 0.1) is 27.9 Å². The standard InChI is InChI=1S/C22H23ClFN3O2/c1-13(2)21-20(24)9-15(12-26-21)22(28)27-16-4-7-17(8-5-16)29-18-6-3-14(11-25)19(23)10-18/h3,6,9-10,12-13,16-17H,4-5,7-8H2,1-2H3,(H,27,28)/t16-,17-. The predicted molar refractivity (Wildman–Crippen MR) is 109 cm³/mol. The number of nitriles is 1. The zero-order valence-corrected chi connectivity index (χ0v) is 17.2. The van der Waals surface area contributed by atoms with Crippen molar-refractivity contribution in [2.45, 2.75) is 57.6 Å². The van der Waals surface area contributed by atoms with E-state index in [4.69, 9.17) is 21.6 Å². The average Bonchev–Trinajstić information content (AvgIpc) is 2.69. The second-order valence-electron chi connectivity index (χ2n) is 7.56. The topological polar surface area (TPSA) is 75.0 Å². The Kier molecular flexibility index (Phi) is 6.71. The first-order valence-electron chi connectivity index (χ1n) is 9.70. The molecule has 1 saturated carbocycles. The van der Waals surface area contributed by atoms with Gasteiger partial charge in [0.25, 0.3) is 5.91 Å². The van der Waals surface area contributed by atoms with E-state index in [1.165, 1.54) is 12.3 Å². The number of rotatable bonds is 5. The summed E-state index contributed by atoms with van der Waals surface area (Å²) >= 11 is 6.04. The molecular formula is C22H23ClFN3O2. The van der Waals surface area contributed by atoms with Crippen LogP contribution in [-0.2, 0) is 0 Å². The Balaban J connectivity index is 1.52. The Morgan fingerprint density at radius 3 is 2.62 bits per heavy atom. The number of carbonyl (C=O) groups is 1. The van der Waals surface area contributed by atoms with Crippen molar-refractivity contribution in [3.8, 4) is 11.8 Å². The minimum Gasteiger partial charge on any atom is -0.490 e. The maximum absolute atomic E-state index is 14.1. The zero-order valence-electron chi connectivity index (χ0n) is 16.4. The molecule has 1 fully saturated rings. The van der Waals surface area contributed by atoms with Crippen LogP contribution in [0, 0.1) is 17.1 Å². The van der Waals surface area contributed by atoms with Gasteiger partial charge in [-0.05, 0) is 49.8 Å². The molecule has 152 valence electrons. The summed E-state index contributed by atoms with van der Waals surface area (Å²) in [6.45, 7) is 3.72. The fourth-order valence-electron chi connectivity index (χ4n) is 3.44. The van der Waals surface area contributed by atoms with E-state index >= 15 is 0 Å². The van der Waals surface area contributed by atoms with Crippen LogP contribution in [0.1, 0.15) is 67.1 Å². The summed E-state index contributed by atoms with van der Waals surface area (Å²) in [7, 11) is 0. The summed E-state index contributed by atoms with van der Waals surface area (Å²) < 4.78 is 20.0. The van der Waals surface area contributed by atoms with E-state index in [0.29, 0.717) is 22.0 Å². The second-order valence-corrected chi connectivity index (χ2v) is 7.97. The largest absolute Gasteiger partial charge is 0.490 e. The number of carbonyl (C=O) groups excluding carboxylic acids is 1. The Morgan fingerprint density at radius 1 is 1.31 bits per heavy atom. The first-order valence-corrected chi connectivity index (χ1v) is 10.1. The fraction of sp³-hybridized carbons (Fsp3) is 0.409. The van der Waals surface area contributed by atoms with Crippen LogP contribution in [0.2, 0.25) is 5.02 Å². The maximum Gasteiger partial charge on any atom is 0.253 e. The van der Waals surface area contributed by atoms with Crippen LogP contribution in [0.3, 0.4) is 0 Å². The van der Waals surface area contributed by atoms with Gasteiger partial charge in [-0.1, -0.05) is 25.4 Å². The second kappa shape index (κ2) is 9.23. The Morgan fingerprint density at radius 2 is 2.03 bits per heavy atom. The van der Waals surface area contributed by atoms with Crippen molar-refractivity contribution in [2.24, 2.45) is 0 Å². The molecule has 1 aliphatic rings. The van der Waals surface area contributed by atoms with E-state index < -0.39 is 5.82 Å². The molecule has 7 heteroatoms. The van der Waals surface area contributed by atoms with E-state index in [1.54, 1.807) is 18.2 Å². The number of amides is 1. The number of nitrogens with zero attached hydrogens (tertiary/aromatic N) is 2. The van der Waals surface area contributed by atoms with Gasteiger partial charge in [0.1, 0.15) is 17.6 Å². The summed E-state index contributed by atoms with van der Waals surface area (Å²) in [5, 5.41) is 12.3. The lowest BCUT2D eigenvalue weighted by atomic mass is 9.92. The van der Waals surface area contributed by atoms with E-state index in [0.717, 1.165) is 25.7 Å². The molecule has 0 atom stereocenters. The molecule has 0 spiro atoms. The predicted octanol–water partition coefficient (Wildman–Crippen LogP) is 4.99. The van der Waals surface area contributed by atoms with Crippen molar-refractivity contribution in [3.05, 3.63) is 58.1 Å². The highest BCUT2D eigenvalue weighted by atomic mass is 35.5. The average molecular weight is 416 g/mol. The van der Waals surface area contributed by atoms with Crippen molar-refractivity contribution in [2.75, 3.05) is 0 Å². The van der Waals surface area contributed by atoms with Gasteiger partial charge in [0.15, 0.2) is 0 Å². The third-order valence-electron chi connectivity index (χ3n) is 5.05. The molecular weight excluding hydrogens is 393 g/mol. The molecule has 0 bridgehead atoms. The Hall–Kier alpha value is -2.65. The highest BCUT2D eigenvalue weighted by molar-refractivity contribution is 6.31. The quantitative estimate of drug-likeness (QED) is 0.746. The molecule has 1 aromatic carbocycles. The first-order chi connectivity index (χ1) is 13.9. The van der Waals surface area contributed by atoms with Crippen molar-refractivity contribution in [1.29, 1.82) is 5.26 Å². The van der Waals surface area contributed by atoms with Gasteiger partial charge in [-0.25, -0.2) is 4.39 Å². The van der Waals surface area contributed by atoms with Crippen LogP contribution in [0.4, 0.5) is 4.39 Å². The van der Waals surface area contributed by atoms with Crippen LogP contribution >= 0.6 is 11.6 Å². The monoisotopic (exact) mass is 415 g/mol. The van der Waals surface area contributed by atoms with Crippen LogP contribution in [-0.4, -0.2) is 23.0 Å². The minimum absolute atomic E-state index is 0.0136. The number of aromatic nitrogens is 1. The summed E-state index contributed by atoms with van der Waals surface area (Å²) in [5.41, 5.74) is 1.01. The van der Waals surface area contributed by atoms with Crippen molar-refractivity contribution in [1.82, 2.24) is 10.3 Å². The third-order valence-corrected chi connectivity index (χ3v) is 5.36. The zero-order chi connectivity index (χ0) is 21.0. The van der Waals surface area contributed by atoms with Gasteiger partial charge in [-0.2, -0.15) is 5.26 Å². The van der Waals surface area contributed by atoms with Gasteiger partial charge in [-0.15, -0.1) is 0 Å². The van der Waals surface area contributed by atoms with E-state index in [2.05, 4.69) is 10.3 Å². The minimum atomic E-state index is -0.453. The van der Waals surface area contributed by atoms with Crippen LogP contribution in [0.5, 0.6) is 5.75 Å². The van der Waals surface area contributed by atoms with Crippen molar-refractivity contribution >= 4 is 17.5 Å². The summed E-state index contributed by atoms with van der Waals surface area (Å²) in [6, 6.07) is 8.31. The fourth-order valence-corrected chi connectivity index (χ4v) is 3.66. The molecule has 1 aromatic heterocycles. The molecule has 0 aliphatic heterocycles. The number of hydrogen-bond acceptors (Lipinski definition) is 4. The molecule has 0 saturated heterocycles. The summed E-state index contributed by atoms with van der Waals surface area (Å²) in [5.74, 6) is -0.164. The highest BCUT2D eigenvalue weighted by Gasteiger charge is 2.24. The molecule has 1 N–H and O–H groups in total.